The third-order valence-corrected chi connectivity index (χ3v) is 3.78. The smallest absolute Gasteiger partial charge is 0.0900 e. The van der Waals surface area contributed by atoms with E-state index >= 15 is 0 Å². The lowest BCUT2D eigenvalue weighted by Crippen LogP contribution is -2.29. The normalized spacial score (nSPS) is 12.6. The van der Waals surface area contributed by atoms with Gasteiger partial charge in [0, 0.05) is 23.2 Å². The second-order valence-electron chi connectivity index (χ2n) is 3.93. The van der Waals surface area contributed by atoms with Gasteiger partial charge >= 0.3 is 0 Å². The van der Waals surface area contributed by atoms with Crippen LogP contribution in [0.5, 0.6) is 0 Å². The van der Waals surface area contributed by atoms with Crippen LogP contribution in [-0.2, 0) is 6.42 Å². The first-order valence-corrected chi connectivity index (χ1v) is 6.32. The van der Waals surface area contributed by atoms with Crippen molar-refractivity contribution in [3.63, 3.8) is 0 Å². The molecule has 1 atom stereocenters. The molecule has 0 aliphatic heterocycles. The number of rotatable bonds is 4. The van der Waals surface area contributed by atoms with Crippen LogP contribution in [0.15, 0.2) is 24.4 Å². The Morgan fingerprint density at radius 2 is 2.24 bits per heavy atom. The molecule has 2 rings (SSSR count). The van der Waals surface area contributed by atoms with E-state index in [1.54, 1.807) is 17.5 Å². The first-order valence-electron chi connectivity index (χ1n) is 5.50. The molecule has 17 heavy (non-hydrogen) atoms. The average Bonchev–Trinajstić information content (AvgIpc) is 2.67. The maximum absolute atomic E-state index is 5.63. The van der Waals surface area contributed by atoms with Gasteiger partial charge in [-0.1, -0.05) is 6.07 Å². The van der Waals surface area contributed by atoms with Crippen LogP contribution in [0.3, 0.4) is 0 Å². The van der Waals surface area contributed by atoms with Crippen LogP contribution in [0.2, 0.25) is 0 Å². The van der Waals surface area contributed by atoms with Crippen LogP contribution in [0.4, 0.5) is 0 Å². The highest BCUT2D eigenvalue weighted by molar-refractivity contribution is 7.11. The number of aryl methyl sites for hydroxylation is 2. The minimum Gasteiger partial charge on any atom is -0.271 e. The lowest BCUT2D eigenvalue weighted by molar-refractivity contribution is 0.551. The van der Waals surface area contributed by atoms with Gasteiger partial charge in [-0.25, -0.2) is 4.98 Å². The summed E-state index contributed by atoms with van der Waals surface area (Å²) in [5.41, 5.74) is 4.93. The fourth-order valence-corrected chi connectivity index (χ4v) is 2.81. The van der Waals surface area contributed by atoms with Gasteiger partial charge in [-0.3, -0.25) is 16.3 Å². The lowest BCUT2D eigenvalue weighted by atomic mass is 10.1. The molecule has 2 aromatic heterocycles. The van der Waals surface area contributed by atoms with Gasteiger partial charge in [-0.2, -0.15) is 0 Å². The predicted molar refractivity (Wildman–Crippen MR) is 69.6 cm³/mol. The summed E-state index contributed by atoms with van der Waals surface area (Å²) in [4.78, 5) is 9.93. The van der Waals surface area contributed by atoms with E-state index in [1.165, 1.54) is 4.88 Å². The van der Waals surface area contributed by atoms with Crippen molar-refractivity contribution in [1.82, 2.24) is 15.4 Å². The van der Waals surface area contributed by atoms with E-state index < -0.39 is 0 Å². The van der Waals surface area contributed by atoms with E-state index in [0.717, 1.165) is 22.8 Å². The molecule has 0 aromatic carbocycles. The number of nitrogens with one attached hydrogen (secondary N) is 1. The van der Waals surface area contributed by atoms with E-state index in [1.807, 2.05) is 32.0 Å². The number of hydrogen-bond acceptors (Lipinski definition) is 5. The predicted octanol–water partition coefficient (Wildman–Crippen LogP) is 1.90. The summed E-state index contributed by atoms with van der Waals surface area (Å²) >= 11 is 1.68. The number of thiazole rings is 1. The summed E-state index contributed by atoms with van der Waals surface area (Å²) in [6.07, 6.45) is 2.58. The Kier molecular flexibility index (Phi) is 3.83. The molecule has 0 aliphatic carbocycles. The molecule has 0 amide bonds. The van der Waals surface area contributed by atoms with Crippen molar-refractivity contribution in [2.24, 2.45) is 5.84 Å². The van der Waals surface area contributed by atoms with Crippen LogP contribution in [0.1, 0.15) is 27.3 Å². The number of nitrogens with two attached hydrogens (primary N) is 1. The fraction of sp³-hybridized carbons (Fsp3) is 0.333. The summed E-state index contributed by atoms with van der Waals surface area (Å²) in [7, 11) is 0. The van der Waals surface area contributed by atoms with E-state index in [2.05, 4.69) is 15.4 Å². The molecule has 0 radical (unpaired) electrons. The molecule has 1 unspecified atom stereocenters. The summed E-state index contributed by atoms with van der Waals surface area (Å²) in [5.74, 6) is 5.63. The molecule has 90 valence electrons. The Morgan fingerprint density at radius 3 is 2.76 bits per heavy atom. The second-order valence-corrected chi connectivity index (χ2v) is 5.16. The maximum Gasteiger partial charge on any atom is 0.0900 e. The van der Waals surface area contributed by atoms with Crippen molar-refractivity contribution in [1.29, 1.82) is 0 Å². The fourth-order valence-electron chi connectivity index (χ4n) is 1.83. The zero-order valence-electron chi connectivity index (χ0n) is 9.97. The highest BCUT2D eigenvalue weighted by Crippen LogP contribution is 2.26. The average molecular weight is 248 g/mol. The molecule has 5 heteroatoms. The van der Waals surface area contributed by atoms with Crippen molar-refractivity contribution in [2.75, 3.05) is 0 Å². The van der Waals surface area contributed by atoms with Crippen LogP contribution in [0, 0.1) is 13.8 Å². The standard InChI is InChI=1S/C12H16N4S/c1-8-12(17-9(2)15-8)11(16-13)7-10-5-3-4-6-14-10/h3-6,11,16H,7,13H2,1-2H3. The minimum atomic E-state index is 0.0797. The summed E-state index contributed by atoms with van der Waals surface area (Å²) < 4.78 is 0. The SMILES string of the molecule is Cc1nc(C)c(C(Cc2ccccn2)NN)s1. The van der Waals surface area contributed by atoms with Crippen molar-refractivity contribution in [3.8, 4) is 0 Å². The van der Waals surface area contributed by atoms with Gasteiger partial charge in [0.1, 0.15) is 0 Å². The van der Waals surface area contributed by atoms with Gasteiger partial charge in [-0.05, 0) is 26.0 Å². The molecule has 0 aliphatic rings. The first-order chi connectivity index (χ1) is 8.20. The number of nitrogens with zero attached hydrogens (tertiary/aromatic N) is 2. The molecule has 4 nitrogen and oxygen atoms in total. The topological polar surface area (TPSA) is 63.8 Å². The van der Waals surface area contributed by atoms with E-state index in [0.29, 0.717) is 0 Å². The largest absolute Gasteiger partial charge is 0.271 e. The minimum absolute atomic E-state index is 0.0797. The molecule has 2 heterocycles. The highest BCUT2D eigenvalue weighted by atomic mass is 32.1. The molecule has 0 bridgehead atoms. The molecule has 3 N–H and O–H groups in total. The molecule has 0 saturated heterocycles. The number of hydrogen-bond donors (Lipinski definition) is 2. The Balaban J connectivity index is 2.20. The van der Waals surface area contributed by atoms with Gasteiger partial charge in [0.15, 0.2) is 0 Å². The highest BCUT2D eigenvalue weighted by Gasteiger charge is 2.17. The van der Waals surface area contributed by atoms with Crippen molar-refractivity contribution >= 4 is 11.3 Å². The van der Waals surface area contributed by atoms with Gasteiger partial charge < -0.3 is 0 Å². The second kappa shape index (κ2) is 5.35. The molecular weight excluding hydrogens is 232 g/mol. The Labute approximate surface area is 105 Å². The number of aromatic nitrogens is 2. The molecular formula is C12H16N4S. The zero-order valence-corrected chi connectivity index (χ0v) is 10.8. The van der Waals surface area contributed by atoms with Crippen LogP contribution >= 0.6 is 11.3 Å². The number of pyridine rings is 1. The van der Waals surface area contributed by atoms with Crippen LogP contribution in [0.25, 0.3) is 0 Å². The summed E-state index contributed by atoms with van der Waals surface area (Å²) in [6.45, 7) is 4.02. The Morgan fingerprint density at radius 1 is 1.41 bits per heavy atom. The Bertz CT molecular complexity index is 481. The summed E-state index contributed by atoms with van der Waals surface area (Å²) in [5, 5.41) is 1.07. The van der Waals surface area contributed by atoms with Crippen molar-refractivity contribution in [3.05, 3.63) is 45.7 Å². The monoisotopic (exact) mass is 248 g/mol. The lowest BCUT2D eigenvalue weighted by Gasteiger charge is -2.14. The van der Waals surface area contributed by atoms with Gasteiger partial charge in [0.05, 0.1) is 16.7 Å². The third kappa shape index (κ3) is 2.88. The van der Waals surface area contributed by atoms with Gasteiger partial charge in [-0.15, -0.1) is 11.3 Å². The van der Waals surface area contributed by atoms with E-state index in [-0.39, 0.29) is 6.04 Å². The molecule has 0 fully saturated rings. The van der Waals surface area contributed by atoms with Gasteiger partial charge in [0.2, 0.25) is 0 Å². The quantitative estimate of drug-likeness (QED) is 0.641. The van der Waals surface area contributed by atoms with Crippen molar-refractivity contribution in [2.45, 2.75) is 26.3 Å². The first kappa shape index (κ1) is 12.2. The van der Waals surface area contributed by atoms with Crippen LogP contribution < -0.4 is 11.3 Å². The number of hydrazine groups is 1. The van der Waals surface area contributed by atoms with E-state index in [9.17, 15) is 0 Å². The molecule has 0 saturated carbocycles. The maximum atomic E-state index is 5.63. The molecule has 2 aromatic rings. The van der Waals surface area contributed by atoms with Crippen molar-refractivity contribution < 1.29 is 0 Å². The zero-order chi connectivity index (χ0) is 12.3. The van der Waals surface area contributed by atoms with Gasteiger partial charge in [0.25, 0.3) is 0 Å². The third-order valence-electron chi connectivity index (χ3n) is 2.60. The Hall–Kier alpha value is -1.30. The van der Waals surface area contributed by atoms with Crippen LogP contribution in [-0.4, -0.2) is 9.97 Å². The summed E-state index contributed by atoms with van der Waals surface area (Å²) in [6, 6.07) is 5.99. The van der Waals surface area contributed by atoms with E-state index in [4.69, 9.17) is 5.84 Å². The molecule has 0 spiro atoms.